The van der Waals surface area contributed by atoms with Gasteiger partial charge in [0, 0.05) is 62.6 Å². The summed E-state index contributed by atoms with van der Waals surface area (Å²) >= 11 is 0. The number of anilines is 1. The van der Waals surface area contributed by atoms with Crippen LogP contribution in [-0.2, 0) is 29.5 Å². The number of allylic oxidation sites excluding steroid dienone is 1. The molecule has 1 aliphatic carbocycles. The number of halogens is 1. The molecule has 41 heavy (non-hydrogen) atoms. The molecule has 6 rings (SSSR count). The van der Waals surface area contributed by atoms with Crippen molar-refractivity contribution < 1.29 is 22.7 Å². The van der Waals surface area contributed by atoms with E-state index in [9.17, 15) is 22.7 Å². The van der Waals surface area contributed by atoms with Crippen molar-refractivity contribution in [3.63, 3.8) is 0 Å². The molecule has 1 aromatic heterocycles. The molecule has 0 radical (unpaired) electrons. The van der Waals surface area contributed by atoms with Crippen molar-refractivity contribution in [3.05, 3.63) is 101 Å². The van der Waals surface area contributed by atoms with Crippen molar-refractivity contribution in [2.45, 2.75) is 30.8 Å². The highest BCUT2D eigenvalue weighted by Gasteiger charge is 2.38. The van der Waals surface area contributed by atoms with Gasteiger partial charge in [0.1, 0.15) is 11.3 Å². The fourth-order valence-corrected chi connectivity index (χ4v) is 7.41. The Kier molecular flexibility index (Phi) is 6.45. The average molecular weight is 573 g/mol. The Hall–Kier alpha value is -4.44. The van der Waals surface area contributed by atoms with E-state index in [1.54, 1.807) is 36.4 Å². The van der Waals surface area contributed by atoms with E-state index in [1.165, 1.54) is 34.6 Å². The zero-order valence-corrected chi connectivity index (χ0v) is 23.7. The van der Waals surface area contributed by atoms with Gasteiger partial charge < -0.3 is 14.9 Å². The number of carbonyl (C=O) groups excluding carboxylic acids is 1. The van der Waals surface area contributed by atoms with Crippen LogP contribution in [0.2, 0.25) is 0 Å². The van der Waals surface area contributed by atoms with Crippen molar-refractivity contribution in [3.8, 4) is 5.75 Å². The lowest BCUT2D eigenvalue weighted by atomic mass is 9.94. The predicted molar refractivity (Wildman–Crippen MR) is 155 cm³/mol. The number of fused-ring (bicyclic) bond motifs is 3. The molecule has 1 N–H and O–H groups in total. The zero-order chi connectivity index (χ0) is 29.1. The van der Waals surface area contributed by atoms with Crippen molar-refractivity contribution in [1.29, 1.82) is 0 Å². The smallest absolute Gasteiger partial charge is 0.264 e. The molecule has 1 amide bonds. The van der Waals surface area contributed by atoms with Crippen molar-refractivity contribution in [1.82, 2.24) is 14.8 Å². The first-order chi connectivity index (χ1) is 19.6. The highest BCUT2D eigenvalue weighted by molar-refractivity contribution is 7.92. The summed E-state index contributed by atoms with van der Waals surface area (Å²) in [6.45, 7) is 0.234. The maximum absolute atomic E-state index is 14.4. The zero-order valence-electron chi connectivity index (χ0n) is 22.9. The summed E-state index contributed by atoms with van der Waals surface area (Å²) in [4.78, 5) is 21.6. The number of phenolic OH excluding ortho intramolecular Hbond substituents is 1. The number of aromatic nitrogens is 1. The molecule has 8 nitrogen and oxygen atoms in total. The molecule has 0 fully saturated rings. The lowest BCUT2D eigenvalue weighted by molar-refractivity contribution is 0.0764. The van der Waals surface area contributed by atoms with Gasteiger partial charge in [0.05, 0.1) is 16.1 Å². The molecule has 0 bridgehead atoms. The van der Waals surface area contributed by atoms with E-state index >= 15 is 0 Å². The van der Waals surface area contributed by atoms with Crippen LogP contribution in [0.1, 0.15) is 39.0 Å². The largest absolute Gasteiger partial charge is 0.505 e. The number of rotatable bonds is 6. The number of nitrogens with zero attached hydrogens (tertiary/aromatic N) is 4. The molecule has 2 aliphatic rings. The van der Waals surface area contributed by atoms with Crippen LogP contribution in [0.5, 0.6) is 5.75 Å². The maximum Gasteiger partial charge on any atom is 0.264 e. The van der Waals surface area contributed by atoms with E-state index in [2.05, 4.69) is 11.1 Å². The normalized spacial score (nSPS) is 14.6. The Bertz CT molecular complexity index is 1850. The first-order valence-corrected chi connectivity index (χ1v) is 14.7. The van der Waals surface area contributed by atoms with Gasteiger partial charge in [-0.3, -0.25) is 14.1 Å². The molecular formula is C31H29FN4O4S. The van der Waals surface area contributed by atoms with E-state index < -0.39 is 15.9 Å². The molecule has 0 spiro atoms. The Morgan fingerprint density at radius 1 is 1.02 bits per heavy atom. The van der Waals surface area contributed by atoms with Crippen LogP contribution >= 0.6 is 0 Å². The third-order valence-corrected chi connectivity index (χ3v) is 9.67. The minimum absolute atomic E-state index is 0.0308. The molecule has 1 aliphatic heterocycles. The summed E-state index contributed by atoms with van der Waals surface area (Å²) in [7, 11) is 1.24. The number of hydrogen-bond acceptors (Lipinski definition) is 6. The Balaban J connectivity index is 1.49. The third-order valence-electron chi connectivity index (χ3n) is 7.82. The van der Waals surface area contributed by atoms with E-state index in [4.69, 9.17) is 0 Å². The number of pyridine rings is 1. The molecular weight excluding hydrogens is 543 g/mol. The summed E-state index contributed by atoms with van der Waals surface area (Å²) in [5, 5.41) is 11.6. The lowest BCUT2D eigenvalue weighted by Crippen LogP contribution is -2.30. The van der Waals surface area contributed by atoms with Crippen LogP contribution in [0.25, 0.3) is 16.6 Å². The number of benzene rings is 3. The maximum atomic E-state index is 14.4. The number of carbonyl (C=O) groups is 1. The van der Waals surface area contributed by atoms with Crippen LogP contribution in [0.3, 0.4) is 0 Å². The van der Waals surface area contributed by atoms with Gasteiger partial charge in [-0.15, -0.1) is 0 Å². The molecule has 2 heterocycles. The molecule has 4 aromatic rings. The fraction of sp³-hybridized carbons (Fsp3) is 0.226. The van der Waals surface area contributed by atoms with Crippen LogP contribution < -0.4 is 4.31 Å². The molecule has 210 valence electrons. The van der Waals surface area contributed by atoms with E-state index in [0.29, 0.717) is 35.0 Å². The number of phenols is 1. The number of sulfonamides is 1. The second kappa shape index (κ2) is 9.88. The molecule has 0 atom stereocenters. The van der Waals surface area contributed by atoms with E-state index in [1.807, 2.05) is 25.1 Å². The summed E-state index contributed by atoms with van der Waals surface area (Å²) in [5.74, 6) is -1.11. The lowest BCUT2D eigenvalue weighted by Gasteiger charge is -2.28. The standard InChI is InChI=1S/C31H29FN4O4S/c1-34(2)25-10-4-8-22-21(25)7-5-11-26(22)41(39,40)35(3)29-23-9-6-16-33-28(23)30(37)27-24(29)18-36(31(27)38)17-19-12-14-20(32)15-13-19/h5-7,9-16,37H,4,8,17-18H2,1-3H3. The number of amides is 1. The monoisotopic (exact) mass is 572 g/mol. The molecule has 3 aromatic carbocycles. The molecule has 0 unspecified atom stereocenters. The predicted octanol–water partition coefficient (Wildman–Crippen LogP) is 4.91. The topological polar surface area (TPSA) is 94.0 Å². The second-order valence-electron chi connectivity index (χ2n) is 10.5. The fourth-order valence-electron chi connectivity index (χ4n) is 5.89. The van der Waals surface area contributed by atoms with Crippen LogP contribution in [-0.4, -0.2) is 55.4 Å². The minimum Gasteiger partial charge on any atom is -0.505 e. The first kappa shape index (κ1) is 26.8. The minimum atomic E-state index is -4.10. The van der Waals surface area contributed by atoms with Crippen LogP contribution in [0, 0.1) is 5.82 Å². The molecule has 10 heteroatoms. The van der Waals surface area contributed by atoms with Gasteiger partial charge in [0.25, 0.3) is 15.9 Å². The highest BCUT2D eigenvalue weighted by atomic mass is 32.2. The van der Waals surface area contributed by atoms with Gasteiger partial charge in [-0.2, -0.15) is 0 Å². The van der Waals surface area contributed by atoms with Crippen molar-refractivity contribution >= 4 is 38.2 Å². The third kappa shape index (κ3) is 4.30. The molecule has 0 saturated carbocycles. The number of hydrogen-bond donors (Lipinski definition) is 1. The second-order valence-corrected chi connectivity index (χ2v) is 12.5. The van der Waals surface area contributed by atoms with Gasteiger partial charge in [-0.05, 0) is 54.3 Å². The van der Waals surface area contributed by atoms with Crippen LogP contribution in [0.4, 0.5) is 10.1 Å². The van der Waals surface area contributed by atoms with E-state index in [-0.39, 0.29) is 40.6 Å². The van der Waals surface area contributed by atoms with Gasteiger partial charge in [0.15, 0.2) is 5.75 Å². The Labute approximate surface area is 238 Å². The SMILES string of the molecule is CN(C)C1=CCCc2c1cccc2S(=O)(=O)N(C)c1c2c(c(O)c3ncccc13)C(=O)N(Cc1ccc(F)cc1)C2. The quantitative estimate of drug-likeness (QED) is 0.353. The van der Waals surface area contributed by atoms with E-state index in [0.717, 1.165) is 16.8 Å². The first-order valence-electron chi connectivity index (χ1n) is 13.2. The Morgan fingerprint density at radius 3 is 2.51 bits per heavy atom. The van der Waals surface area contributed by atoms with Crippen molar-refractivity contribution in [2.24, 2.45) is 0 Å². The number of aromatic hydroxyl groups is 1. The summed E-state index contributed by atoms with van der Waals surface area (Å²) < 4.78 is 43.4. The van der Waals surface area contributed by atoms with Crippen molar-refractivity contribution in [2.75, 3.05) is 25.4 Å². The summed E-state index contributed by atoms with van der Waals surface area (Å²) in [5.41, 5.74) is 4.17. The van der Waals surface area contributed by atoms with Gasteiger partial charge >= 0.3 is 0 Å². The average Bonchev–Trinajstić information content (AvgIpc) is 3.28. The highest BCUT2D eigenvalue weighted by Crippen LogP contribution is 2.45. The van der Waals surface area contributed by atoms with Gasteiger partial charge in [-0.1, -0.05) is 30.3 Å². The summed E-state index contributed by atoms with van der Waals surface area (Å²) in [6.07, 6.45) is 4.89. The van der Waals surface area contributed by atoms with Gasteiger partial charge in [0.2, 0.25) is 0 Å². The summed E-state index contributed by atoms with van der Waals surface area (Å²) in [6, 6.07) is 14.5. The Morgan fingerprint density at radius 2 is 1.78 bits per heavy atom. The van der Waals surface area contributed by atoms with Crippen LogP contribution in [0.15, 0.2) is 71.8 Å². The molecule has 0 saturated heterocycles. The van der Waals surface area contributed by atoms with Gasteiger partial charge in [-0.25, -0.2) is 12.8 Å².